The van der Waals surface area contributed by atoms with E-state index in [9.17, 15) is 19.7 Å². The monoisotopic (exact) mass is 413 g/mol. The summed E-state index contributed by atoms with van der Waals surface area (Å²) in [5.74, 6) is -0.902. The number of imide groups is 1. The fraction of sp³-hybridized carbons (Fsp3) is 0.476. The maximum Gasteiger partial charge on any atom is 0.315 e. The molecule has 3 aliphatic rings. The number of hydrogen-bond acceptors (Lipinski definition) is 7. The Morgan fingerprint density at radius 2 is 1.90 bits per heavy atom. The lowest BCUT2D eigenvalue weighted by Gasteiger charge is -2.16. The van der Waals surface area contributed by atoms with Crippen LogP contribution >= 0.6 is 0 Å². The highest BCUT2D eigenvalue weighted by Gasteiger charge is 2.59. The largest absolute Gasteiger partial charge is 0.493 e. The molecule has 1 aromatic carbocycles. The minimum absolute atomic E-state index is 0.0412. The Hall–Kier alpha value is -3.23. The summed E-state index contributed by atoms with van der Waals surface area (Å²) in [6.45, 7) is 3.72. The number of hydrogen-bond donors (Lipinski definition) is 0. The van der Waals surface area contributed by atoms with Gasteiger partial charge in [-0.15, -0.1) is 0 Å². The molecule has 0 N–H and O–H groups in total. The Morgan fingerprint density at radius 1 is 1.27 bits per heavy atom. The molecule has 158 valence electrons. The molecule has 1 aliphatic heterocycles. The Kier molecular flexibility index (Phi) is 5.05. The zero-order chi connectivity index (χ0) is 21.6. The van der Waals surface area contributed by atoms with Crippen LogP contribution in [0.4, 0.5) is 5.69 Å². The number of benzene rings is 1. The number of nitro benzene ring substituents is 1. The molecule has 1 aromatic rings. The van der Waals surface area contributed by atoms with Gasteiger partial charge in [-0.25, -0.2) is 0 Å². The summed E-state index contributed by atoms with van der Waals surface area (Å²) in [6.07, 6.45) is 6.56. The van der Waals surface area contributed by atoms with E-state index in [1.807, 2.05) is 26.0 Å². The van der Waals surface area contributed by atoms with Crippen LogP contribution in [0.3, 0.4) is 0 Å². The third-order valence-electron chi connectivity index (χ3n) is 6.14. The molecule has 0 unspecified atom stereocenters. The predicted molar refractivity (Wildman–Crippen MR) is 107 cm³/mol. The first-order valence-electron chi connectivity index (χ1n) is 9.98. The SMILES string of the molecule is CC[C@H](C)Oc1c(OC)cc(C=NN2C(=O)[C@@H]3[C@H](C2=O)[C@H]2C=C[C@H]3C2)cc1[N+](=O)[O-]. The lowest BCUT2D eigenvalue weighted by molar-refractivity contribution is -0.386. The van der Waals surface area contributed by atoms with Gasteiger partial charge >= 0.3 is 5.69 Å². The van der Waals surface area contributed by atoms with Crippen LogP contribution in [-0.2, 0) is 9.59 Å². The molecule has 30 heavy (non-hydrogen) atoms. The topological polar surface area (TPSA) is 111 Å². The molecule has 2 amide bonds. The van der Waals surface area contributed by atoms with Crippen LogP contribution in [-0.4, -0.2) is 41.2 Å². The van der Waals surface area contributed by atoms with Crippen LogP contribution in [0.25, 0.3) is 0 Å². The van der Waals surface area contributed by atoms with Crippen LogP contribution < -0.4 is 9.47 Å². The van der Waals surface area contributed by atoms with Gasteiger partial charge in [-0.3, -0.25) is 19.7 Å². The zero-order valence-corrected chi connectivity index (χ0v) is 17.0. The van der Waals surface area contributed by atoms with Gasteiger partial charge in [0.15, 0.2) is 5.75 Å². The van der Waals surface area contributed by atoms with Gasteiger partial charge in [0.1, 0.15) is 0 Å². The number of methoxy groups -OCH3 is 1. The number of ether oxygens (including phenoxy) is 2. The molecule has 4 rings (SSSR count). The minimum atomic E-state index is -0.558. The number of carbonyl (C=O) groups is 2. The van der Waals surface area contributed by atoms with Crippen molar-refractivity contribution in [3.8, 4) is 11.5 Å². The molecule has 1 heterocycles. The second-order valence-corrected chi connectivity index (χ2v) is 7.90. The van der Waals surface area contributed by atoms with E-state index < -0.39 is 4.92 Å². The fourth-order valence-electron chi connectivity index (χ4n) is 4.50. The minimum Gasteiger partial charge on any atom is -0.493 e. The van der Waals surface area contributed by atoms with Crippen LogP contribution in [0.15, 0.2) is 29.4 Å². The zero-order valence-electron chi connectivity index (χ0n) is 17.0. The van der Waals surface area contributed by atoms with Crippen LogP contribution in [0.5, 0.6) is 11.5 Å². The van der Waals surface area contributed by atoms with Gasteiger partial charge in [-0.2, -0.15) is 10.1 Å². The van der Waals surface area contributed by atoms with E-state index in [1.54, 1.807) is 0 Å². The van der Waals surface area contributed by atoms with Gasteiger partial charge in [0.2, 0.25) is 5.75 Å². The number of nitrogens with zero attached hydrogens (tertiary/aromatic N) is 3. The molecule has 1 saturated carbocycles. The Balaban J connectivity index is 1.62. The van der Waals surface area contributed by atoms with Crippen molar-refractivity contribution in [3.05, 3.63) is 40.0 Å². The van der Waals surface area contributed by atoms with Gasteiger partial charge in [0.25, 0.3) is 11.8 Å². The number of fused-ring (bicyclic) bond motifs is 5. The normalized spacial score (nSPS) is 27.8. The molecule has 9 heteroatoms. The highest BCUT2D eigenvalue weighted by atomic mass is 16.6. The maximum absolute atomic E-state index is 12.7. The summed E-state index contributed by atoms with van der Waals surface area (Å²) in [7, 11) is 1.39. The van der Waals surface area contributed by atoms with E-state index >= 15 is 0 Å². The van der Waals surface area contributed by atoms with Crippen LogP contribution in [0.2, 0.25) is 0 Å². The van der Waals surface area contributed by atoms with Gasteiger partial charge in [0.05, 0.1) is 36.2 Å². The summed E-state index contributed by atoms with van der Waals surface area (Å²) in [5.41, 5.74) is 0.0584. The summed E-state index contributed by atoms with van der Waals surface area (Å²) >= 11 is 0. The average Bonchev–Trinajstić information content (AvgIpc) is 3.41. The van der Waals surface area contributed by atoms with E-state index in [2.05, 4.69) is 5.10 Å². The van der Waals surface area contributed by atoms with E-state index in [0.717, 1.165) is 11.4 Å². The number of amides is 2. The number of carbonyl (C=O) groups excluding carboxylic acids is 2. The van der Waals surface area contributed by atoms with E-state index in [4.69, 9.17) is 9.47 Å². The molecular formula is C21H23N3O6. The number of nitro groups is 1. The van der Waals surface area contributed by atoms with E-state index in [1.165, 1.54) is 25.5 Å². The van der Waals surface area contributed by atoms with Gasteiger partial charge < -0.3 is 9.47 Å². The second-order valence-electron chi connectivity index (χ2n) is 7.90. The van der Waals surface area contributed by atoms with Crippen molar-refractivity contribution < 1.29 is 24.0 Å². The van der Waals surface area contributed by atoms with Gasteiger partial charge in [-0.05, 0) is 37.7 Å². The smallest absolute Gasteiger partial charge is 0.315 e. The molecule has 2 bridgehead atoms. The molecule has 5 atom stereocenters. The highest BCUT2D eigenvalue weighted by molar-refractivity contribution is 6.06. The first-order valence-corrected chi connectivity index (χ1v) is 9.98. The average molecular weight is 413 g/mol. The molecule has 0 spiro atoms. The standard InChI is InChI=1S/C21H23N3O6/c1-4-11(2)30-19-15(24(27)28)7-12(8-16(19)29-3)10-22-23-20(25)17-13-5-6-14(9-13)18(17)21(23)26/h5-8,10-11,13-14,17-18H,4,9H2,1-3H3/t11-,13-,14-,17-,18+/m0/s1. The van der Waals surface area contributed by atoms with Crippen molar-refractivity contribution in [2.75, 3.05) is 7.11 Å². The molecule has 2 fully saturated rings. The molecular weight excluding hydrogens is 390 g/mol. The predicted octanol–water partition coefficient (Wildman–Crippen LogP) is 2.92. The third kappa shape index (κ3) is 3.14. The molecule has 1 saturated heterocycles. The van der Waals surface area contributed by atoms with E-state index in [0.29, 0.717) is 12.0 Å². The molecule has 0 radical (unpaired) electrons. The Labute approximate surface area is 173 Å². The third-order valence-corrected chi connectivity index (χ3v) is 6.14. The first-order chi connectivity index (χ1) is 14.3. The lowest BCUT2D eigenvalue weighted by atomic mass is 9.85. The molecule has 2 aliphatic carbocycles. The number of hydrazone groups is 1. The van der Waals surface area contributed by atoms with Crippen LogP contribution in [0.1, 0.15) is 32.3 Å². The summed E-state index contributed by atoms with van der Waals surface area (Å²) < 4.78 is 11.0. The van der Waals surface area contributed by atoms with Crippen molar-refractivity contribution in [3.63, 3.8) is 0 Å². The first kappa shape index (κ1) is 20.1. The lowest BCUT2D eigenvalue weighted by Crippen LogP contribution is -2.28. The second kappa shape index (κ2) is 7.55. The fourth-order valence-corrected chi connectivity index (χ4v) is 4.50. The quantitative estimate of drug-likeness (QED) is 0.223. The summed E-state index contributed by atoms with van der Waals surface area (Å²) in [6, 6.07) is 2.83. The number of rotatable bonds is 7. The van der Waals surface area contributed by atoms with Crippen molar-refractivity contribution in [2.45, 2.75) is 32.8 Å². The highest BCUT2D eigenvalue weighted by Crippen LogP contribution is 2.52. The number of allylic oxidation sites excluding steroid dienone is 2. The van der Waals surface area contributed by atoms with Crippen molar-refractivity contribution >= 4 is 23.7 Å². The summed E-state index contributed by atoms with van der Waals surface area (Å²) in [5, 5.41) is 16.6. The van der Waals surface area contributed by atoms with Crippen molar-refractivity contribution in [2.24, 2.45) is 28.8 Å². The Morgan fingerprint density at radius 3 is 2.43 bits per heavy atom. The van der Waals surface area contributed by atoms with Gasteiger partial charge in [-0.1, -0.05) is 19.1 Å². The molecule has 0 aromatic heterocycles. The maximum atomic E-state index is 12.7. The van der Waals surface area contributed by atoms with Crippen molar-refractivity contribution in [1.29, 1.82) is 0 Å². The van der Waals surface area contributed by atoms with Crippen LogP contribution in [0, 0.1) is 33.8 Å². The Bertz CT molecular complexity index is 942. The van der Waals surface area contributed by atoms with Crippen molar-refractivity contribution in [1.82, 2.24) is 5.01 Å². The van der Waals surface area contributed by atoms with Gasteiger partial charge in [0, 0.05) is 11.6 Å². The van der Waals surface area contributed by atoms with E-state index in [-0.39, 0.29) is 58.8 Å². The summed E-state index contributed by atoms with van der Waals surface area (Å²) in [4.78, 5) is 36.5. The molecule has 9 nitrogen and oxygen atoms in total.